The van der Waals surface area contributed by atoms with Crippen LogP contribution in [0.3, 0.4) is 0 Å². The molecule has 17 heavy (non-hydrogen) atoms. The van der Waals surface area contributed by atoms with E-state index < -0.39 is 0 Å². The fourth-order valence-electron chi connectivity index (χ4n) is 1.82. The summed E-state index contributed by atoms with van der Waals surface area (Å²) in [7, 11) is 0. The zero-order chi connectivity index (χ0) is 12.5. The van der Waals surface area contributed by atoms with Gasteiger partial charge in [0, 0.05) is 25.8 Å². The molecule has 1 aromatic rings. The summed E-state index contributed by atoms with van der Waals surface area (Å²) < 4.78 is 0. The minimum absolute atomic E-state index is 0.918. The molecule has 0 spiro atoms. The molecule has 0 atom stereocenters. The molecular formula is C14H25N3. The lowest BCUT2D eigenvalue weighted by atomic mass is 10.2. The second-order valence-corrected chi connectivity index (χ2v) is 4.28. The van der Waals surface area contributed by atoms with Crippen LogP contribution in [-0.4, -0.2) is 24.6 Å². The fourth-order valence-corrected chi connectivity index (χ4v) is 1.82. The van der Waals surface area contributed by atoms with Gasteiger partial charge in [0.05, 0.1) is 0 Å². The summed E-state index contributed by atoms with van der Waals surface area (Å²) in [5, 5.41) is 3.39. The molecule has 0 aliphatic heterocycles. The van der Waals surface area contributed by atoms with Gasteiger partial charge in [-0.3, -0.25) is 0 Å². The number of hydrogen-bond donors (Lipinski definition) is 1. The van der Waals surface area contributed by atoms with E-state index in [1.165, 1.54) is 12.0 Å². The third-order valence-electron chi connectivity index (χ3n) is 2.76. The minimum atomic E-state index is 0.918. The largest absolute Gasteiger partial charge is 0.357 e. The Labute approximate surface area is 105 Å². The second-order valence-electron chi connectivity index (χ2n) is 4.28. The lowest BCUT2D eigenvalue weighted by Crippen LogP contribution is -2.24. The molecule has 0 aliphatic carbocycles. The molecule has 1 N–H and O–H groups in total. The maximum absolute atomic E-state index is 4.53. The Morgan fingerprint density at radius 3 is 2.53 bits per heavy atom. The van der Waals surface area contributed by atoms with E-state index in [1.807, 2.05) is 6.20 Å². The number of pyridine rings is 1. The van der Waals surface area contributed by atoms with Gasteiger partial charge in [0.2, 0.25) is 0 Å². The summed E-state index contributed by atoms with van der Waals surface area (Å²) >= 11 is 0. The molecule has 1 aromatic heterocycles. The van der Waals surface area contributed by atoms with Crippen molar-refractivity contribution in [3.8, 4) is 0 Å². The summed E-state index contributed by atoms with van der Waals surface area (Å²) in [5.41, 5.74) is 1.26. The maximum Gasteiger partial charge on any atom is 0.128 e. The van der Waals surface area contributed by atoms with E-state index in [2.05, 4.69) is 48.1 Å². The molecule has 0 aromatic carbocycles. The predicted octanol–water partition coefficient (Wildman–Crippen LogP) is 2.82. The first-order valence-electron chi connectivity index (χ1n) is 6.72. The molecule has 3 nitrogen and oxygen atoms in total. The monoisotopic (exact) mass is 235 g/mol. The molecule has 0 unspecified atom stereocenters. The average Bonchev–Trinajstić information content (AvgIpc) is 2.37. The number of rotatable bonds is 8. The van der Waals surface area contributed by atoms with Gasteiger partial charge in [0.15, 0.2) is 0 Å². The van der Waals surface area contributed by atoms with Crippen LogP contribution in [0.1, 0.15) is 39.2 Å². The fraction of sp³-hybridized carbons (Fsp3) is 0.643. The molecule has 1 rings (SSSR count). The standard InChI is InChI=1S/C14H25N3/c1-4-9-15-11-13-7-8-14(16-12-13)17(6-3)10-5-2/h7-8,12,15H,4-6,9-11H2,1-3H3. The van der Waals surface area contributed by atoms with Gasteiger partial charge in [-0.15, -0.1) is 0 Å². The quantitative estimate of drug-likeness (QED) is 0.702. The topological polar surface area (TPSA) is 28.2 Å². The summed E-state index contributed by atoms with van der Waals surface area (Å²) in [6.45, 7) is 10.6. The lowest BCUT2D eigenvalue weighted by Gasteiger charge is -2.21. The van der Waals surface area contributed by atoms with Gasteiger partial charge in [-0.1, -0.05) is 19.9 Å². The molecule has 0 radical (unpaired) electrons. The number of nitrogens with one attached hydrogen (secondary N) is 1. The molecule has 0 saturated carbocycles. The van der Waals surface area contributed by atoms with E-state index in [4.69, 9.17) is 0 Å². The van der Waals surface area contributed by atoms with Gasteiger partial charge in [0.1, 0.15) is 5.82 Å². The normalized spacial score (nSPS) is 10.5. The van der Waals surface area contributed by atoms with Crippen LogP contribution in [0.4, 0.5) is 5.82 Å². The van der Waals surface area contributed by atoms with Crippen molar-refractivity contribution in [2.75, 3.05) is 24.5 Å². The van der Waals surface area contributed by atoms with Gasteiger partial charge in [-0.05, 0) is 37.9 Å². The molecule has 3 heteroatoms. The lowest BCUT2D eigenvalue weighted by molar-refractivity contribution is 0.673. The summed E-state index contributed by atoms with van der Waals surface area (Å²) in [6.07, 6.45) is 4.32. The smallest absolute Gasteiger partial charge is 0.128 e. The Bertz CT molecular complexity index is 295. The van der Waals surface area contributed by atoms with Gasteiger partial charge in [-0.2, -0.15) is 0 Å². The summed E-state index contributed by atoms with van der Waals surface area (Å²) in [6, 6.07) is 4.30. The zero-order valence-electron chi connectivity index (χ0n) is 11.4. The van der Waals surface area contributed by atoms with E-state index in [9.17, 15) is 0 Å². The van der Waals surface area contributed by atoms with E-state index in [0.29, 0.717) is 0 Å². The Hall–Kier alpha value is -1.09. The number of anilines is 1. The molecule has 0 bridgehead atoms. The van der Waals surface area contributed by atoms with Crippen molar-refractivity contribution < 1.29 is 0 Å². The van der Waals surface area contributed by atoms with Crippen LogP contribution in [0, 0.1) is 0 Å². The average molecular weight is 235 g/mol. The van der Waals surface area contributed by atoms with Crippen LogP contribution in [0.5, 0.6) is 0 Å². The number of nitrogens with zero attached hydrogens (tertiary/aromatic N) is 2. The highest BCUT2D eigenvalue weighted by molar-refractivity contribution is 5.38. The Balaban J connectivity index is 2.53. The van der Waals surface area contributed by atoms with Crippen molar-refractivity contribution in [2.24, 2.45) is 0 Å². The molecule has 96 valence electrons. The van der Waals surface area contributed by atoms with Crippen molar-refractivity contribution in [1.29, 1.82) is 0 Å². The van der Waals surface area contributed by atoms with Crippen LogP contribution in [-0.2, 0) is 6.54 Å². The number of hydrogen-bond acceptors (Lipinski definition) is 3. The van der Waals surface area contributed by atoms with Crippen molar-refractivity contribution >= 4 is 5.82 Å². The SMILES string of the molecule is CCCNCc1ccc(N(CC)CCC)nc1. The predicted molar refractivity (Wildman–Crippen MR) is 74.4 cm³/mol. The van der Waals surface area contributed by atoms with Crippen LogP contribution in [0.2, 0.25) is 0 Å². The first-order chi connectivity index (χ1) is 8.31. The molecule has 0 aliphatic rings. The van der Waals surface area contributed by atoms with Crippen LogP contribution >= 0.6 is 0 Å². The Morgan fingerprint density at radius 2 is 2.00 bits per heavy atom. The first-order valence-corrected chi connectivity index (χ1v) is 6.72. The molecular weight excluding hydrogens is 210 g/mol. The Kier molecular flexibility index (Phi) is 6.63. The van der Waals surface area contributed by atoms with E-state index >= 15 is 0 Å². The summed E-state index contributed by atoms with van der Waals surface area (Å²) in [5.74, 6) is 1.09. The van der Waals surface area contributed by atoms with E-state index in [-0.39, 0.29) is 0 Å². The van der Waals surface area contributed by atoms with Crippen molar-refractivity contribution in [1.82, 2.24) is 10.3 Å². The highest BCUT2D eigenvalue weighted by atomic mass is 15.2. The van der Waals surface area contributed by atoms with E-state index in [0.717, 1.165) is 38.4 Å². The third kappa shape index (κ3) is 4.73. The molecule has 0 fully saturated rings. The Morgan fingerprint density at radius 1 is 1.18 bits per heavy atom. The molecule has 0 saturated heterocycles. The van der Waals surface area contributed by atoms with Crippen molar-refractivity contribution in [3.63, 3.8) is 0 Å². The van der Waals surface area contributed by atoms with Crippen molar-refractivity contribution in [3.05, 3.63) is 23.9 Å². The first kappa shape index (κ1) is 14.0. The molecule has 1 heterocycles. The van der Waals surface area contributed by atoms with Gasteiger partial charge in [0.25, 0.3) is 0 Å². The van der Waals surface area contributed by atoms with Crippen molar-refractivity contribution in [2.45, 2.75) is 40.2 Å². The molecule has 0 amide bonds. The van der Waals surface area contributed by atoms with Gasteiger partial charge >= 0.3 is 0 Å². The minimum Gasteiger partial charge on any atom is -0.357 e. The zero-order valence-corrected chi connectivity index (χ0v) is 11.4. The highest BCUT2D eigenvalue weighted by Crippen LogP contribution is 2.11. The number of aromatic nitrogens is 1. The van der Waals surface area contributed by atoms with Gasteiger partial charge in [-0.25, -0.2) is 4.98 Å². The third-order valence-corrected chi connectivity index (χ3v) is 2.76. The highest BCUT2D eigenvalue weighted by Gasteiger charge is 2.03. The summed E-state index contributed by atoms with van der Waals surface area (Å²) in [4.78, 5) is 6.84. The van der Waals surface area contributed by atoms with E-state index in [1.54, 1.807) is 0 Å². The van der Waals surface area contributed by atoms with Gasteiger partial charge < -0.3 is 10.2 Å². The second kappa shape index (κ2) is 8.07. The maximum atomic E-state index is 4.53. The van der Waals surface area contributed by atoms with Crippen LogP contribution in [0.15, 0.2) is 18.3 Å². The van der Waals surface area contributed by atoms with Crippen LogP contribution < -0.4 is 10.2 Å². The van der Waals surface area contributed by atoms with Crippen LogP contribution in [0.25, 0.3) is 0 Å².